The van der Waals surface area contributed by atoms with Gasteiger partial charge < -0.3 is 15.1 Å². The average Bonchev–Trinajstić information content (AvgIpc) is 2.94. The number of hydrogen-bond acceptors (Lipinski definition) is 4. The Morgan fingerprint density at radius 2 is 1.71 bits per heavy atom. The maximum absolute atomic E-state index is 9.79. The second kappa shape index (κ2) is 7.96. The van der Waals surface area contributed by atoms with Crippen molar-refractivity contribution in [3.05, 3.63) is 34.9 Å². The van der Waals surface area contributed by atoms with E-state index in [1.807, 2.05) is 0 Å². The lowest BCUT2D eigenvalue weighted by molar-refractivity contribution is 0.0684. The van der Waals surface area contributed by atoms with Gasteiger partial charge >= 0.3 is 0 Å². The number of nitrogens with zero attached hydrogens (tertiary/aromatic N) is 2. The molecule has 0 saturated carbocycles. The lowest BCUT2D eigenvalue weighted by Gasteiger charge is -2.32. The molecular formula is C20H32N2O2. The number of hydrogen-bond donors (Lipinski definition) is 2. The fraction of sp³-hybridized carbons (Fsp3) is 0.700. The van der Waals surface area contributed by atoms with Gasteiger partial charge in [0.05, 0.1) is 6.10 Å². The van der Waals surface area contributed by atoms with Gasteiger partial charge in [0.25, 0.3) is 0 Å². The minimum absolute atomic E-state index is 0.111. The van der Waals surface area contributed by atoms with E-state index in [0.29, 0.717) is 11.8 Å². The van der Waals surface area contributed by atoms with E-state index in [4.69, 9.17) is 0 Å². The zero-order chi connectivity index (χ0) is 17.1. The van der Waals surface area contributed by atoms with Crippen LogP contribution in [0, 0.1) is 25.7 Å². The third-order valence-corrected chi connectivity index (χ3v) is 5.91. The maximum Gasteiger partial charge on any atom is 0.0564 e. The highest BCUT2D eigenvalue weighted by Gasteiger charge is 2.34. The average molecular weight is 332 g/mol. The molecule has 2 fully saturated rings. The van der Waals surface area contributed by atoms with E-state index >= 15 is 0 Å². The van der Waals surface area contributed by atoms with Crippen LogP contribution < -0.4 is 0 Å². The van der Waals surface area contributed by atoms with Gasteiger partial charge in [-0.1, -0.05) is 18.2 Å². The minimum atomic E-state index is -0.111. The van der Waals surface area contributed by atoms with Crippen LogP contribution in [0.15, 0.2) is 18.2 Å². The standard InChI is InChI=1S/C20H32N2O2/c1-15-3-4-17(9-16(15)2)10-22-12-18(19(13-22)14-23)11-21-7-5-20(24)6-8-21/h3-4,9,18-20,23-24H,5-8,10-14H2,1-2H3/t18-,19-/m0/s1. The largest absolute Gasteiger partial charge is 0.396 e. The van der Waals surface area contributed by atoms with E-state index in [9.17, 15) is 10.2 Å². The monoisotopic (exact) mass is 332 g/mol. The molecule has 0 radical (unpaired) electrons. The summed E-state index contributed by atoms with van der Waals surface area (Å²) in [5, 5.41) is 19.4. The van der Waals surface area contributed by atoms with Crippen molar-refractivity contribution in [1.82, 2.24) is 9.80 Å². The molecule has 0 bridgehead atoms. The first kappa shape index (κ1) is 17.9. The van der Waals surface area contributed by atoms with Crippen LogP contribution >= 0.6 is 0 Å². The van der Waals surface area contributed by atoms with Crippen molar-refractivity contribution in [3.63, 3.8) is 0 Å². The Morgan fingerprint density at radius 3 is 2.38 bits per heavy atom. The number of rotatable bonds is 5. The fourth-order valence-electron chi connectivity index (χ4n) is 4.17. The van der Waals surface area contributed by atoms with E-state index in [0.717, 1.165) is 52.1 Å². The quantitative estimate of drug-likeness (QED) is 0.863. The van der Waals surface area contributed by atoms with Gasteiger partial charge in [0.1, 0.15) is 0 Å². The highest BCUT2D eigenvalue weighted by Crippen LogP contribution is 2.27. The van der Waals surface area contributed by atoms with E-state index in [1.54, 1.807) is 0 Å². The topological polar surface area (TPSA) is 46.9 Å². The molecule has 2 heterocycles. The van der Waals surface area contributed by atoms with Crippen molar-refractivity contribution in [2.24, 2.45) is 11.8 Å². The first-order valence-electron chi connectivity index (χ1n) is 9.35. The zero-order valence-electron chi connectivity index (χ0n) is 15.1. The van der Waals surface area contributed by atoms with Crippen LogP contribution in [0.4, 0.5) is 0 Å². The molecule has 0 spiro atoms. The Kier molecular flexibility index (Phi) is 5.93. The minimum Gasteiger partial charge on any atom is -0.396 e. The van der Waals surface area contributed by atoms with Gasteiger partial charge in [0, 0.05) is 45.9 Å². The molecule has 0 unspecified atom stereocenters. The van der Waals surface area contributed by atoms with Gasteiger partial charge in [0.15, 0.2) is 0 Å². The van der Waals surface area contributed by atoms with Crippen molar-refractivity contribution < 1.29 is 10.2 Å². The lowest BCUT2D eigenvalue weighted by atomic mass is 9.95. The lowest BCUT2D eigenvalue weighted by Crippen LogP contribution is -2.40. The summed E-state index contributed by atoms with van der Waals surface area (Å²) in [6.45, 7) is 10.7. The van der Waals surface area contributed by atoms with Gasteiger partial charge in [0.2, 0.25) is 0 Å². The van der Waals surface area contributed by atoms with Crippen LogP contribution in [-0.2, 0) is 6.54 Å². The zero-order valence-corrected chi connectivity index (χ0v) is 15.1. The third kappa shape index (κ3) is 4.37. The molecule has 134 valence electrons. The summed E-state index contributed by atoms with van der Waals surface area (Å²) in [6, 6.07) is 6.74. The molecular weight excluding hydrogens is 300 g/mol. The predicted molar refractivity (Wildman–Crippen MR) is 96.9 cm³/mol. The summed E-state index contributed by atoms with van der Waals surface area (Å²) in [5.41, 5.74) is 4.07. The summed E-state index contributed by atoms with van der Waals surface area (Å²) in [5.74, 6) is 0.917. The summed E-state index contributed by atoms with van der Waals surface area (Å²) in [4.78, 5) is 4.97. The molecule has 2 aliphatic rings. The Balaban J connectivity index is 1.56. The molecule has 4 nitrogen and oxygen atoms in total. The number of aliphatic hydroxyl groups is 2. The number of aryl methyl sites for hydroxylation is 2. The molecule has 2 aliphatic heterocycles. The first-order valence-corrected chi connectivity index (χ1v) is 9.35. The Labute approximate surface area is 146 Å². The maximum atomic E-state index is 9.79. The van der Waals surface area contributed by atoms with Crippen molar-refractivity contribution in [2.45, 2.75) is 39.3 Å². The number of piperidine rings is 1. The van der Waals surface area contributed by atoms with E-state index in [1.165, 1.54) is 16.7 Å². The van der Waals surface area contributed by atoms with Crippen molar-refractivity contribution in [3.8, 4) is 0 Å². The molecule has 2 N–H and O–H groups in total. The molecule has 24 heavy (non-hydrogen) atoms. The normalized spacial score (nSPS) is 27.0. The summed E-state index contributed by atoms with van der Waals surface area (Å²) >= 11 is 0. The molecule has 4 heteroatoms. The molecule has 3 rings (SSSR count). The van der Waals surface area contributed by atoms with Crippen molar-refractivity contribution >= 4 is 0 Å². The van der Waals surface area contributed by atoms with Gasteiger partial charge in [-0.2, -0.15) is 0 Å². The Hall–Kier alpha value is -0.940. The van der Waals surface area contributed by atoms with E-state index < -0.39 is 0 Å². The van der Waals surface area contributed by atoms with Crippen LogP contribution in [-0.4, -0.2) is 65.4 Å². The van der Waals surface area contributed by atoms with Crippen LogP contribution in [0.5, 0.6) is 0 Å². The number of aliphatic hydroxyl groups excluding tert-OH is 2. The Morgan fingerprint density at radius 1 is 1.00 bits per heavy atom. The third-order valence-electron chi connectivity index (χ3n) is 5.91. The molecule has 0 aromatic heterocycles. The highest BCUT2D eigenvalue weighted by atomic mass is 16.3. The summed E-state index contributed by atoms with van der Waals surface area (Å²) < 4.78 is 0. The van der Waals surface area contributed by atoms with Gasteiger partial charge in [-0.25, -0.2) is 0 Å². The SMILES string of the molecule is Cc1ccc(CN2C[C@@H](CO)[C@@H](CN3CCC(O)CC3)C2)cc1C. The van der Waals surface area contributed by atoms with Gasteiger partial charge in [-0.15, -0.1) is 0 Å². The molecule has 2 saturated heterocycles. The summed E-state index contributed by atoms with van der Waals surface area (Å²) in [7, 11) is 0. The summed E-state index contributed by atoms with van der Waals surface area (Å²) in [6.07, 6.45) is 1.67. The second-order valence-corrected chi connectivity index (χ2v) is 7.85. The first-order chi connectivity index (χ1) is 11.5. The molecule has 0 aliphatic carbocycles. The van der Waals surface area contributed by atoms with Crippen LogP contribution in [0.2, 0.25) is 0 Å². The molecule has 2 atom stereocenters. The highest BCUT2D eigenvalue weighted by molar-refractivity contribution is 5.29. The van der Waals surface area contributed by atoms with Gasteiger partial charge in [-0.3, -0.25) is 4.90 Å². The smallest absolute Gasteiger partial charge is 0.0564 e. The van der Waals surface area contributed by atoms with Crippen molar-refractivity contribution in [2.75, 3.05) is 39.3 Å². The molecule has 1 aromatic rings. The predicted octanol–water partition coefficient (Wildman–Crippen LogP) is 1.80. The fourth-order valence-corrected chi connectivity index (χ4v) is 4.17. The Bertz CT molecular complexity index is 540. The van der Waals surface area contributed by atoms with Crippen LogP contribution in [0.25, 0.3) is 0 Å². The van der Waals surface area contributed by atoms with Crippen molar-refractivity contribution in [1.29, 1.82) is 0 Å². The molecule has 0 amide bonds. The van der Waals surface area contributed by atoms with Crippen LogP contribution in [0.1, 0.15) is 29.5 Å². The van der Waals surface area contributed by atoms with E-state index in [2.05, 4.69) is 41.8 Å². The van der Waals surface area contributed by atoms with Gasteiger partial charge in [-0.05, 0) is 55.2 Å². The van der Waals surface area contributed by atoms with Crippen LogP contribution in [0.3, 0.4) is 0 Å². The number of benzene rings is 1. The molecule has 1 aromatic carbocycles. The number of likely N-dealkylation sites (tertiary alicyclic amines) is 2. The second-order valence-electron chi connectivity index (χ2n) is 7.85. The van der Waals surface area contributed by atoms with E-state index in [-0.39, 0.29) is 12.7 Å².